The van der Waals surface area contributed by atoms with E-state index in [-0.39, 0.29) is 11.7 Å². The summed E-state index contributed by atoms with van der Waals surface area (Å²) in [4.78, 5) is 22.0. The SMILES string of the molecule is CC#Cc1ccc(NC(=O)C(C)(C)[C@H]2C[C@H]3C[C@@H](c4ccnc5ccc(F)cc45)C[C@H]3C2)nc1. The molecule has 2 saturated carbocycles. The molecule has 34 heavy (non-hydrogen) atoms. The van der Waals surface area contributed by atoms with Crippen molar-refractivity contribution in [3.8, 4) is 11.8 Å². The van der Waals surface area contributed by atoms with Crippen molar-refractivity contribution in [1.82, 2.24) is 9.97 Å². The highest BCUT2D eigenvalue weighted by Gasteiger charge is 2.49. The van der Waals surface area contributed by atoms with Gasteiger partial charge in [0.1, 0.15) is 11.6 Å². The molecule has 0 radical (unpaired) electrons. The number of halogens is 1. The van der Waals surface area contributed by atoms with Crippen molar-refractivity contribution in [3.05, 3.63) is 65.7 Å². The highest BCUT2D eigenvalue weighted by molar-refractivity contribution is 5.94. The van der Waals surface area contributed by atoms with E-state index in [0.717, 1.165) is 42.1 Å². The molecule has 2 aromatic heterocycles. The first kappa shape index (κ1) is 22.5. The van der Waals surface area contributed by atoms with Crippen LogP contribution >= 0.6 is 0 Å². The second-order valence-electron chi connectivity index (χ2n) is 10.4. The van der Waals surface area contributed by atoms with E-state index in [2.05, 4.69) is 47.0 Å². The summed E-state index contributed by atoms with van der Waals surface area (Å²) in [5.41, 5.74) is 2.43. The number of pyridine rings is 2. The largest absolute Gasteiger partial charge is 0.310 e. The van der Waals surface area contributed by atoms with E-state index in [4.69, 9.17) is 0 Å². The molecular formula is C29H30FN3O. The van der Waals surface area contributed by atoms with Crippen LogP contribution in [0.25, 0.3) is 10.9 Å². The molecule has 2 fully saturated rings. The zero-order chi connectivity index (χ0) is 23.9. The lowest BCUT2D eigenvalue weighted by Crippen LogP contribution is -2.37. The summed E-state index contributed by atoms with van der Waals surface area (Å²) in [6.07, 6.45) is 7.82. The van der Waals surface area contributed by atoms with Crippen LogP contribution < -0.4 is 5.32 Å². The van der Waals surface area contributed by atoms with Crippen molar-refractivity contribution in [2.45, 2.75) is 52.4 Å². The Morgan fingerprint density at radius 3 is 2.50 bits per heavy atom. The molecule has 1 amide bonds. The molecule has 0 bridgehead atoms. The first-order valence-corrected chi connectivity index (χ1v) is 12.1. The third-order valence-corrected chi connectivity index (χ3v) is 8.07. The van der Waals surface area contributed by atoms with Gasteiger partial charge in [0.25, 0.3) is 0 Å². The molecule has 0 spiro atoms. The Morgan fingerprint density at radius 2 is 1.82 bits per heavy atom. The monoisotopic (exact) mass is 455 g/mol. The van der Waals surface area contributed by atoms with Gasteiger partial charge >= 0.3 is 0 Å². The highest BCUT2D eigenvalue weighted by Crippen LogP contribution is 2.56. The topological polar surface area (TPSA) is 54.9 Å². The first-order valence-electron chi connectivity index (χ1n) is 12.1. The molecule has 2 aliphatic carbocycles. The predicted octanol–water partition coefficient (Wildman–Crippen LogP) is 6.33. The number of amides is 1. The van der Waals surface area contributed by atoms with Crippen LogP contribution in [-0.4, -0.2) is 15.9 Å². The lowest BCUT2D eigenvalue weighted by Gasteiger charge is -2.31. The van der Waals surface area contributed by atoms with Gasteiger partial charge in [-0.05, 0) is 98.2 Å². The van der Waals surface area contributed by atoms with Gasteiger partial charge in [0.05, 0.1) is 5.52 Å². The van der Waals surface area contributed by atoms with Gasteiger partial charge in [-0.2, -0.15) is 0 Å². The second kappa shape index (κ2) is 8.83. The summed E-state index contributed by atoms with van der Waals surface area (Å²) in [5, 5.41) is 3.95. The Kier molecular flexibility index (Phi) is 5.85. The minimum atomic E-state index is -0.476. The van der Waals surface area contributed by atoms with E-state index in [1.54, 1.807) is 25.3 Å². The zero-order valence-electron chi connectivity index (χ0n) is 19.9. The number of anilines is 1. The fraction of sp³-hybridized carbons (Fsp3) is 0.414. The first-order chi connectivity index (χ1) is 16.3. The number of hydrogen-bond acceptors (Lipinski definition) is 3. The van der Waals surface area contributed by atoms with E-state index < -0.39 is 5.41 Å². The number of nitrogens with one attached hydrogen (secondary N) is 1. The molecule has 0 unspecified atom stereocenters. The highest BCUT2D eigenvalue weighted by atomic mass is 19.1. The van der Waals surface area contributed by atoms with Crippen molar-refractivity contribution in [2.24, 2.45) is 23.2 Å². The van der Waals surface area contributed by atoms with Gasteiger partial charge in [0, 0.05) is 28.8 Å². The molecule has 4 atom stereocenters. The van der Waals surface area contributed by atoms with Gasteiger partial charge in [-0.1, -0.05) is 19.8 Å². The van der Waals surface area contributed by atoms with Gasteiger partial charge < -0.3 is 5.32 Å². The Balaban J connectivity index is 1.25. The Hall–Kier alpha value is -3.26. The number of fused-ring (bicyclic) bond motifs is 2. The maximum absolute atomic E-state index is 13.9. The lowest BCUT2D eigenvalue weighted by molar-refractivity contribution is -0.126. The van der Waals surface area contributed by atoms with Crippen LogP contribution in [-0.2, 0) is 4.79 Å². The van der Waals surface area contributed by atoms with E-state index in [1.165, 1.54) is 11.6 Å². The molecule has 1 aromatic carbocycles. The van der Waals surface area contributed by atoms with Crippen LogP contribution in [0.15, 0.2) is 48.8 Å². The summed E-state index contributed by atoms with van der Waals surface area (Å²) in [5.74, 6) is 8.15. The van der Waals surface area contributed by atoms with E-state index in [9.17, 15) is 9.18 Å². The second-order valence-corrected chi connectivity index (χ2v) is 10.4. The average molecular weight is 456 g/mol. The number of nitrogens with zero attached hydrogens (tertiary/aromatic N) is 2. The molecule has 2 heterocycles. The lowest BCUT2D eigenvalue weighted by atomic mass is 9.75. The summed E-state index contributed by atoms with van der Waals surface area (Å²) in [7, 11) is 0. The number of benzene rings is 1. The maximum atomic E-state index is 13.9. The minimum Gasteiger partial charge on any atom is -0.310 e. The standard InChI is InChI=1S/C29H30FN3O/c1-4-5-18-6-9-27(32-17-18)33-28(34)29(2,3)22-14-19-12-21(13-20(19)15-22)24-10-11-31-26-8-7-23(30)16-25(24)26/h6-11,16-17,19-22H,12-15H2,1-3H3,(H,32,33,34)/t19-,20+,21-,22+. The molecule has 3 aromatic rings. The number of rotatable bonds is 4. The Labute approximate surface area is 200 Å². The molecule has 1 N–H and O–H groups in total. The summed E-state index contributed by atoms with van der Waals surface area (Å²) in [6.45, 7) is 5.90. The van der Waals surface area contributed by atoms with E-state index >= 15 is 0 Å². The smallest absolute Gasteiger partial charge is 0.231 e. The fourth-order valence-corrected chi connectivity index (χ4v) is 6.10. The molecule has 5 heteroatoms. The van der Waals surface area contributed by atoms with Crippen molar-refractivity contribution >= 4 is 22.6 Å². The van der Waals surface area contributed by atoms with Crippen LogP contribution in [0.2, 0.25) is 0 Å². The van der Waals surface area contributed by atoms with E-state index in [1.807, 2.05) is 18.3 Å². The number of hydrogen-bond donors (Lipinski definition) is 1. The van der Waals surface area contributed by atoms with Gasteiger partial charge in [0.15, 0.2) is 0 Å². The zero-order valence-corrected chi connectivity index (χ0v) is 19.9. The Morgan fingerprint density at radius 1 is 1.06 bits per heavy atom. The van der Waals surface area contributed by atoms with Crippen molar-refractivity contribution in [1.29, 1.82) is 0 Å². The van der Waals surface area contributed by atoms with Gasteiger partial charge in [-0.25, -0.2) is 9.37 Å². The third kappa shape index (κ3) is 4.18. The van der Waals surface area contributed by atoms with Crippen LogP contribution in [0, 0.1) is 40.8 Å². The van der Waals surface area contributed by atoms with Crippen LogP contribution in [0.1, 0.15) is 63.5 Å². The normalized spacial score (nSPS) is 23.9. The number of aromatic nitrogens is 2. The van der Waals surface area contributed by atoms with Crippen molar-refractivity contribution < 1.29 is 9.18 Å². The molecule has 174 valence electrons. The van der Waals surface area contributed by atoms with Crippen molar-refractivity contribution in [2.75, 3.05) is 5.32 Å². The van der Waals surface area contributed by atoms with Crippen LogP contribution in [0.3, 0.4) is 0 Å². The van der Waals surface area contributed by atoms with Crippen LogP contribution in [0.5, 0.6) is 0 Å². The molecule has 4 nitrogen and oxygen atoms in total. The number of carbonyl (C=O) groups is 1. The Bertz CT molecular complexity index is 1270. The minimum absolute atomic E-state index is 0.0199. The molecule has 0 saturated heterocycles. The molecule has 0 aliphatic heterocycles. The molecule has 2 aliphatic rings. The summed E-state index contributed by atoms with van der Waals surface area (Å²) >= 11 is 0. The third-order valence-electron chi connectivity index (χ3n) is 8.07. The quantitative estimate of drug-likeness (QED) is 0.468. The van der Waals surface area contributed by atoms with Crippen molar-refractivity contribution in [3.63, 3.8) is 0 Å². The molecule has 5 rings (SSSR count). The van der Waals surface area contributed by atoms with Crippen LogP contribution in [0.4, 0.5) is 10.2 Å². The van der Waals surface area contributed by atoms with Gasteiger partial charge in [-0.3, -0.25) is 9.78 Å². The fourth-order valence-electron chi connectivity index (χ4n) is 6.10. The average Bonchev–Trinajstić information content (AvgIpc) is 3.40. The molecular weight excluding hydrogens is 425 g/mol. The van der Waals surface area contributed by atoms with Gasteiger partial charge in [0.2, 0.25) is 5.91 Å². The van der Waals surface area contributed by atoms with E-state index in [0.29, 0.717) is 29.5 Å². The summed E-state index contributed by atoms with van der Waals surface area (Å²) in [6, 6.07) is 10.6. The predicted molar refractivity (Wildman–Crippen MR) is 133 cm³/mol. The summed E-state index contributed by atoms with van der Waals surface area (Å²) < 4.78 is 13.9. The van der Waals surface area contributed by atoms with Gasteiger partial charge in [-0.15, -0.1) is 5.92 Å². The maximum Gasteiger partial charge on any atom is 0.231 e. The number of carbonyl (C=O) groups excluding carboxylic acids is 1.